The smallest absolute Gasteiger partial charge is 0.335 e. The number of sulfone groups is 1. The number of aromatic carboxylic acids is 1. The van der Waals surface area contributed by atoms with E-state index in [2.05, 4.69) is 5.10 Å². The van der Waals surface area contributed by atoms with Crippen LogP contribution in [0.2, 0.25) is 0 Å². The molecule has 0 radical (unpaired) electrons. The van der Waals surface area contributed by atoms with Gasteiger partial charge in [-0.1, -0.05) is 6.07 Å². The first-order valence-corrected chi connectivity index (χ1v) is 8.52. The molecule has 0 saturated carbocycles. The maximum atomic E-state index is 12.0. The summed E-state index contributed by atoms with van der Waals surface area (Å²) in [6, 6.07) is 4.08. The lowest BCUT2D eigenvalue weighted by Gasteiger charge is -2.18. The number of nitrogens with zero attached hydrogens (tertiary/aromatic N) is 2. The largest absolute Gasteiger partial charge is 0.478 e. The van der Waals surface area contributed by atoms with Crippen LogP contribution >= 0.6 is 0 Å². The summed E-state index contributed by atoms with van der Waals surface area (Å²) in [6.45, 7) is 5.94. The van der Waals surface area contributed by atoms with Crippen LogP contribution in [-0.2, 0) is 15.4 Å². The summed E-state index contributed by atoms with van der Waals surface area (Å²) in [4.78, 5) is 11.0. The van der Waals surface area contributed by atoms with Gasteiger partial charge in [0.15, 0.2) is 9.84 Å². The van der Waals surface area contributed by atoms with Gasteiger partial charge in [-0.15, -0.1) is 0 Å². The molecule has 6 nitrogen and oxygen atoms in total. The van der Waals surface area contributed by atoms with Crippen LogP contribution in [0, 0.1) is 0 Å². The SMILES string of the molecule is CC(C)(C)n1cc(-c2ccc(C(=O)O)cc2S(C)(=O)=O)cn1. The minimum Gasteiger partial charge on any atom is -0.478 e. The van der Waals surface area contributed by atoms with Crippen LogP contribution in [0.5, 0.6) is 0 Å². The highest BCUT2D eigenvalue weighted by Crippen LogP contribution is 2.29. The van der Waals surface area contributed by atoms with Gasteiger partial charge in [0.1, 0.15) is 0 Å². The minimum atomic E-state index is -3.56. The Labute approximate surface area is 129 Å². The van der Waals surface area contributed by atoms with Crippen molar-refractivity contribution in [1.82, 2.24) is 9.78 Å². The Kier molecular flexibility index (Phi) is 3.87. The summed E-state index contributed by atoms with van der Waals surface area (Å²) in [5, 5.41) is 13.3. The van der Waals surface area contributed by atoms with E-state index in [1.807, 2.05) is 20.8 Å². The molecule has 0 aliphatic rings. The summed E-state index contributed by atoms with van der Waals surface area (Å²) in [5.74, 6) is -1.16. The Morgan fingerprint density at radius 2 is 1.91 bits per heavy atom. The van der Waals surface area contributed by atoms with Crippen molar-refractivity contribution in [3.8, 4) is 11.1 Å². The number of carboxylic acid groups (broad SMARTS) is 1. The molecule has 0 aliphatic carbocycles. The highest BCUT2D eigenvalue weighted by molar-refractivity contribution is 7.90. The van der Waals surface area contributed by atoms with Gasteiger partial charge < -0.3 is 5.11 Å². The van der Waals surface area contributed by atoms with Crippen molar-refractivity contribution in [2.45, 2.75) is 31.2 Å². The molecule has 7 heteroatoms. The van der Waals surface area contributed by atoms with E-state index in [4.69, 9.17) is 5.11 Å². The van der Waals surface area contributed by atoms with Gasteiger partial charge in [0.05, 0.1) is 22.2 Å². The Hall–Kier alpha value is -2.15. The van der Waals surface area contributed by atoms with Crippen LogP contribution < -0.4 is 0 Å². The van der Waals surface area contributed by atoms with E-state index in [1.165, 1.54) is 18.2 Å². The van der Waals surface area contributed by atoms with Gasteiger partial charge >= 0.3 is 5.97 Å². The van der Waals surface area contributed by atoms with Gasteiger partial charge in [-0.2, -0.15) is 5.10 Å². The lowest BCUT2D eigenvalue weighted by atomic mass is 10.1. The van der Waals surface area contributed by atoms with Crippen molar-refractivity contribution >= 4 is 15.8 Å². The van der Waals surface area contributed by atoms with Crippen LogP contribution in [0.1, 0.15) is 31.1 Å². The summed E-state index contributed by atoms with van der Waals surface area (Å²) in [5.41, 5.74) is 0.785. The predicted molar refractivity (Wildman–Crippen MR) is 82.7 cm³/mol. The number of hydrogen-bond acceptors (Lipinski definition) is 4. The lowest BCUT2D eigenvalue weighted by molar-refractivity contribution is 0.0696. The normalized spacial score (nSPS) is 12.4. The summed E-state index contributed by atoms with van der Waals surface area (Å²) in [6.07, 6.45) is 4.39. The van der Waals surface area contributed by atoms with Crippen molar-refractivity contribution in [2.24, 2.45) is 0 Å². The first-order valence-electron chi connectivity index (χ1n) is 6.63. The van der Waals surface area contributed by atoms with Gasteiger partial charge in [-0.25, -0.2) is 13.2 Å². The molecule has 0 amide bonds. The summed E-state index contributed by atoms with van der Waals surface area (Å²) >= 11 is 0. The van der Waals surface area contributed by atoms with Crippen LogP contribution in [0.15, 0.2) is 35.5 Å². The Morgan fingerprint density at radius 3 is 2.36 bits per heavy atom. The number of aromatic nitrogens is 2. The van der Waals surface area contributed by atoms with Crippen molar-refractivity contribution in [3.05, 3.63) is 36.2 Å². The Morgan fingerprint density at radius 1 is 1.27 bits per heavy atom. The second-order valence-electron chi connectivity index (χ2n) is 6.13. The third-order valence-electron chi connectivity index (χ3n) is 3.21. The lowest BCUT2D eigenvalue weighted by Crippen LogP contribution is -2.21. The third-order valence-corrected chi connectivity index (χ3v) is 4.35. The highest BCUT2D eigenvalue weighted by atomic mass is 32.2. The average Bonchev–Trinajstić information content (AvgIpc) is 2.86. The Balaban J connectivity index is 2.65. The summed E-state index contributed by atoms with van der Waals surface area (Å²) in [7, 11) is -3.56. The Bertz CT molecular complexity index is 829. The molecular weight excluding hydrogens is 304 g/mol. The zero-order chi connectivity index (χ0) is 16.7. The van der Waals surface area contributed by atoms with Gasteiger partial charge in [-0.05, 0) is 32.9 Å². The number of rotatable bonds is 3. The van der Waals surface area contributed by atoms with Gasteiger partial charge in [0.25, 0.3) is 0 Å². The molecule has 2 rings (SSSR count). The molecule has 0 aliphatic heterocycles. The number of carboxylic acids is 1. The topological polar surface area (TPSA) is 89.3 Å². The fourth-order valence-electron chi connectivity index (χ4n) is 2.03. The molecule has 0 atom stereocenters. The third kappa shape index (κ3) is 3.19. The molecule has 1 aromatic carbocycles. The second-order valence-corrected chi connectivity index (χ2v) is 8.12. The van der Waals surface area contributed by atoms with Crippen molar-refractivity contribution < 1.29 is 18.3 Å². The fraction of sp³-hybridized carbons (Fsp3) is 0.333. The van der Waals surface area contributed by atoms with Crippen LogP contribution in [0.25, 0.3) is 11.1 Å². The number of hydrogen-bond donors (Lipinski definition) is 1. The predicted octanol–water partition coefficient (Wildman–Crippen LogP) is 2.41. The quantitative estimate of drug-likeness (QED) is 0.937. The average molecular weight is 322 g/mol. The van der Waals surface area contributed by atoms with E-state index in [-0.39, 0.29) is 16.0 Å². The molecule has 0 spiro atoms. The van der Waals surface area contributed by atoms with E-state index in [1.54, 1.807) is 17.1 Å². The van der Waals surface area contributed by atoms with Crippen molar-refractivity contribution in [3.63, 3.8) is 0 Å². The standard InChI is InChI=1S/C15H18N2O4S/c1-15(2,3)17-9-11(8-16-17)12-6-5-10(14(18)19)7-13(12)22(4,20)21/h5-9H,1-4H3,(H,18,19). The molecule has 1 N–H and O–H groups in total. The minimum absolute atomic E-state index is 0.0131. The molecule has 1 aromatic heterocycles. The maximum absolute atomic E-state index is 12.0. The molecule has 1 heterocycles. The van der Waals surface area contributed by atoms with E-state index in [0.29, 0.717) is 11.1 Å². The molecule has 0 fully saturated rings. The first kappa shape index (κ1) is 16.2. The van der Waals surface area contributed by atoms with E-state index >= 15 is 0 Å². The maximum Gasteiger partial charge on any atom is 0.335 e. The van der Waals surface area contributed by atoms with Gasteiger partial charge in [0.2, 0.25) is 0 Å². The molecule has 0 bridgehead atoms. The van der Waals surface area contributed by atoms with Crippen molar-refractivity contribution in [1.29, 1.82) is 0 Å². The number of carbonyl (C=O) groups is 1. The molecule has 22 heavy (non-hydrogen) atoms. The van der Waals surface area contributed by atoms with Crippen LogP contribution in [0.4, 0.5) is 0 Å². The zero-order valence-electron chi connectivity index (χ0n) is 12.9. The molecule has 118 valence electrons. The molecular formula is C15H18N2O4S. The van der Waals surface area contributed by atoms with Gasteiger partial charge in [0, 0.05) is 23.6 Å². The van der Waals surface area contributed by atoms with E-state index in [0.717, 1.165) is 6.26 Å². The first-order chi connectivity index (χ1) is 10.00. The molecule has 0 saturated heterocycles. The number of benzene rings is 1. The molecule has 2 aromatic rings. The monoisotopic (exact) mass is 322 g/mol. The fourth-order valence-corrected chi connectivity index (χ4v) is 2.96. The zero-order valence-corrected chi connectivity index (χ0v) is 13.7. The van der Waals surface area contributed by atoms with E-state index in [9.17, 15) is 13.2 Å². The highest BCUT2D eigenvalue weighted by Gasteiger charge is 2.20. The van der Waals surface area contributed by atoms with Crippen LogP contribution in [0.3, 0.4) is 0 Å². The second kappa shape index (κ2) is 5.24. The van der Waals surface area contributed by atoms with E-state index < -0.39 is 15.8 Å². The molecule has 0 unspecified atom stereocenters. The van der Waals surface area contributed by atoms with Crippen molar-refractivity contribution in [2.75, 3.05) is 6.26 Å². The summed E-state index contributed by atoms with van der Waals surface area (Å²) < 4.78 is 25.7. The van der Waals surface area contributed by atoms with Crippen LogP contribution in [-0.4, -0.2) is 35.5 Å². The van der Waals surface area contributed by atoms with Gasteiger partial charge in [-0.3, -0.25) is 4.68 Å².